The van der Waals surface area contributed by atoms with Gasteiger partial charge in [-0.1, -0.05) is 0 Å². The van der Waals surface area contributed by atoms with Gasteiger partial charge in [0.25, 0.3) is 0 Å². The predicted molar refractivity (Wildman–Crippen MR) is 50.4 cm³/mol. The number of hydrogen-bond acceptors (Lipinski definition) is 0. The van der Waals surface area contributed by atoms with Gasteiger partial charge in [-0.3, -0.25) is 0 Å². The molecule has 0 atom stereocenters. The highest BCUT2D eigenvalue weighted by molar-refractivity contribution is 7.45. The van der Waals surface area contributed by atoms with Gasteiger partial charge in [0.2, 0.25) is 6.69 Å². The van der Waals surface area contributed by atoms with E-state index in [1.54, 1.807) is 0 Å². The van der Waals surface area contributed by atoms with E-state index in [0.717, 1.165) is 6.04 Å². The summed E-state index contributed by atoms with van der Waals surface area (Å²) in [5.41, 5.74) is -0.325. The Hall–Kier alpha value is 1.44. The Morgan fingerprint density at radius 3 is 1.89 bits per heavy atom. The van der Waals surface area contributed by atoms with Gasteiger partial charge in [-0.2, -0.15) is 22.9 Å². The molecule has 0 aliphatic heterocycles. The molecule has 0 aromatic heterocycles. The van der Waals surface area contributed by atoms with Gasteiger partial charge in [0, 0.05) is 0 Å². The van der Waals surface area contributed by atoms with Crippen LogP contribution in [0, 0.1) is 0 Å². The zero-order chi connectivity index (χ0) is 7.49. The van der Waals surface area contributed by atoms with Gasteiger partial charge in [-0.05, 0) is 18.9 Å². The van der Waals surface area contributed by atoms with Crippen molar-refractivity contribution in [1.82, 2.24) is 0 Å². The molecule has 0 N–H and O–H groups in total. The van der Waals surface area contributed by atoms with Crippen molar-refractivity contribution < 1.29 is 0 Å². The van der Waals surface area contributed by atoms with Gasteiger partial charge in [-0.15, -0.1) is 22.2 Å². The molecule has 0 saturated heterocycles. The molecule has 0 spiro atoms. The molecule has 0 bridgehead atoms. The van der Waals surface area contributed by atoms with E-state index in [1.165, 1.54) is 0 Å². The third-order valence-corrected chi connectivity index (χ3v) is 3.54. The van der Waals surface area contributed by atoms with Crippen LogP contribution >= 0.6 is 45.1 Å². The molecular weight excluding hydrogens is 217 g/mol. The van der Waals surface area contributed by atoms with Crippen molar-refractivity contribution in [3.63, 3.8) is 0 Å². The van der Waals surface area contributed by atoms with Crippen LogP contribution in [0.2, 0.25) is 18.9 Å². The third kappa shape index (κ3) is 9.44. The minimum Gasteiger partial charge on any atom is -0.172 e. The van der Waals surface area contributed by atoms with Crippen molar-refractivity contribution in [3.05, 3.63) is 0 Å². The summed E-state index contributed by atoms with van der Waals surface area (Å²) in [6, 6.07) is 0.758. The lowest BCUT2D eigenvalue weighted by Gasteiger charge is -2.07. The Morgan fingerprint density at radius 1 is 1.33 bits per heavy atom. The van der Waals surface area contributed by atoms with Crippen LogP contribution in [0.15, 0.2) is 0 Å². The van der Waals surface area contributed by atoms with Crippen LogP contribution in [0.25, 0.3) is 0 Å². The predicted octanol–water partition coefficient (Wildman–Crippen LogP) is 3.50. The van der Waals surface area contributed by atoms with E-state index in [2.05, 4.69) is 0 Å². The van der Waals surface area contributed by atoms with Crippen molar-refractivity contribution in [2.75, 3.05) is 0 Å². The molecule has 0 fully saturated rings. The van der Waals surface area contributed by atoms with E-state index in [0.29, 0.717) is 6.32 Å². The summed E-state index contributed by atoms with van der Waals surface area (Å²) >= 11 is 22.4. The minimum absolute atomic E-state index is 0.325. The highest BCUT2D eigenvalue weighted by Crippen LogP contribution is 2.24. The summed E-state index contributed by atoms with van der Waals surface area (Å²) in [4.78, 5) is 0. The second kappa shape index (κ2) is 4.35. The van der Waals surface area contributed by atoms with Crippen LogP contribution < -0.4 is 0 Å². The van der Waals surface area contributed by atoms with Crippen LogP contribution in [-0.4, -0.2) is 12.2 Å². The first kappa shape index (κ1) is 10.4. The summed E-state index contributed by atoms with van der Waals surface area (Å²) < 4.78 is 0. The average Bonchev–Trinajstić information content (AvgIpc) is 1.59. The van der Waals surface area contributed by atoms with Gasteiger partial charge < -0.3 is 0 Å². The summed E-state index contributed by atoms with van der Waals surface area (Å²) in [6.07, 6.45) is 0.693. The molecule has 0 aromatic carbocycles. The fraction of sp³-hybridized carbons (Fsp3) is 1.00. The SMILES string of the molecule is C[Si](Cl)(Cl)CCB(Cl)Cl. The fourth-order valence-electron chi connectivity index (χ4n) is 0.363. The molecule has 0 saturated carbocycles. The lowest BCUT2D eigenvalue weighted by atomic mass is 10.0. The van der Waals surface area contributed by atoms with Crippen LogP contribution in [0.5, 0.6) is 0 Å². The Kier molecular flexibility index (Phi) is 5.04. The lowest BCUT2D eigenvalue weighted by molar-refractivity contribution is 1.40. The molecule has 0 nitrogen and oxygen atoms in total. The first-order chi connectivity index (χ1) is 3.92. The average molecular weight is 224 g/mol. The standard InChI is InChI=1S/C3H7BCl4Si/c1-9(7,8)3-2-4(5)6/h2-3H2,1H3. The normalized spacial score (nSPS) is 11.7. The zero-order valence-corrected chi connectivity index (χ0v) is 9.03. The van der Waals surface area contributed by atoms with E-state index < -0.39 is 6.69 Å². The lowest BCUT2D eigenvalue weighted by Crippen LogP contribution is -2.13. The van der Waals surface area contributed by atoms with E-state index >= 15 is 0 Å². The first-order valence-electron chi connectivity index (χ1n) is 2.58. The molecule has 0 amide bonds. The van der Waals surface area contributed by atoms with Crippen molar-refractivity contribution in [3.8, 4) is 0 Å². The monoisotopic (exact) mass is 222 g/mol. The van der Waals surface area contributed by atoms with Crippen LogP contribution in [0.3, 0.4) is 0 Å². The summed E-state index contributed by atoms with van der Waals surface area (Å²) in [5.74, 6) is 0. The quantitative estimate of drug-likeness (QED) is 0.508. The molecule has 54 valence electrons. The molecule has 0 aromatic rings. The number of hydrogen-bond donors (Lipinski definition) is 0. The molecule has 0 unspecified atom stereocenters. The van der Waals surface area contributed by atoms with Crippen LogP contribution in [0.4, 0.5) is 0 Å². The van der Waals surface area contributed by atoms with Crippen molar-refractivity contribution >= 4 is 57.3 Å². The molecule has 6 heteroatoms. The maximum absolute atomic E-state index is 5.76. The number of halogens is 4. The first-order valence-corrected chi connectivity index (χ1v) is 8.18. The van der Waals surface area contributed by atoms with Crippen LogP contribution in [0.1, 0.15) is 0 Å². The van der Waals surface area contributed by atoms with Crippen molar-refractivity contribution in [2.45, 2.75) is 18.9 Å². The van der Waals surface area contributed by atoms with Gasteiger partial charge in [0.1, 0.15) is 0 Å². The zero-order valence-electron chi connectivity index (χ0n) is 5.00. The Bertz CT molecular complexity index is 80.4. The van der Waals surface area contributed by atoms with Gasteiger partial charge in [0.15, 0.2) is 0 Å². The Labute approximate surface area is 76.1 Å². The Morgan fingerprint density at radius 2 is 1.78 bits per heavy atom. The molecule has 0 radical (unpaired) electrons. The molecular formula is C3H7BCl4Si. The van der Waals surface area contributed by atoms with Gasteiger partial charge in [0.05, 0.1) is 0 Å². The van der Waals surface area contributed by atoms with E-state index in [-0.39, 0.29) is 5.54 Å². The second-order valence-electron chi connectivity index (χ2n) is 2.00. The van der Waals surface area contributed by atoms with Gasteiger partial charge >= 0.3 is 5.54 Å². The van der Waals surface area contributed by atoms with E-state index in [1.807, 2.05) is 6.55 Å². The fourth-order valence-corrected chi connectivity index (χ4v) is 2.40. The topological polar surface area (TPSA) is 0 Å². The second-order valence-corrected chi connectivity index (χ2v) is 11.5. The minimum atomic E-state index is -1.94. The highest BCUT2D eigenvalue weighted by Gasteiger charge is 2.22. The third-order valence-electron chi connectivity index (χ3n) is 0.802. The molecule has 0 aliphatic carbocycles. The molecule has 0 heterocycles. The summed E-state index contributed by atoms with van der Waals surface area (Å²) in [5, 5.41) is 0. The smallest absolute Gasteiger partial charge is 0.172 e. The molecule has 0 aliphatic rings. The maximum atomic E-state index is 5.76. The highest BCUT2D eigenvalue weighted by atomic mass is 35.7. The van der Waals surface area contributed by atoms with E-state index in [4.69, 9.17) is 45.1 Å². The van der Waals surface area contributed by atoms with Crippen LogP contribution in [-0.2, 0) is 0 Å². The summed E-state index contributed by atoms with van der Waals surface area (Å²) in [6.45, 7) is -0.0910. The largest absolute Gasteiger partial charge is 0.351 e. The van der Waals surface area contributed by atoms with E-state index in [9.17, 15) is 0 Å². The van der Waals surface area contributed by atoms with Gasteiger partial charge in [-0.25, -0.2) is 0 Å². The number of rotatable bonds is 3. The maximum Gasteiger partial charge on any atom is 0.351 e. The van der Waals surface area contributed by atoms with Crippen molar-refractivity contribution in [2.24, 2.45) is 0 Å². The Balaban J connectivity index is 3.28. The molecule has 0 rings (SSSR count). The van der Waals surface area contributed by atoms with Crippen molar-refractivity contribution in [1.29, 1.82) is 0 Å². The summed E-state index contributed by atoms with van der Waals surface area (Å²) in [7, 11) is 0. The molecule has 9 heavy (non-hydrogen) atoms.